The van der Waals surface area contributed by atoms with E-state index in [0.29, 0.717) is 0 Å². The smallest absolute Gasteiger partial charge is 0.166 e. The molecule has 0 atom stereocenters. The van der Waals surface area contributed by atoms with E-state index >= 15 is 0 Å². The highest BCUT2D eigenvalue weighted by Gasteiger charge is 2.29. The lowest BCUT2D eigenvalue weighted by atomic mass is 10.2. The van der Waals surface area contributed by atoms with Crippen LogP contribution in [0, 0.1) is 0 Å². The number of rotatable bonds is 1. The van der Waals surface area contributed by atoms with Crippen molar-refractivity contribution < 1.29 is 13.2 Å². The Labute approximate surface area is 90.3 Å². The van der Waals surface area contributed by atoms with E-state index in [4.69, 9.17) is 0 Å². The van der Waals surface area contributed by atoms with Crippen LogP contribution >= 0.6 is 15.9 Å². The predicted molar refractivity (Wildman–Crippen MR) is 55.5 cm³/mol. The van der Waals surface area contributed by atoms with E-state index in [-0.39, 0.29) is 0 Å². The lowest BCUT2D eigenvalue weighted by Crippen LogP contribution is -2.03. The van der Waals surface area contributed by atoms with Crippen molar-refractivity contribution in [2.45, 2.75) is 19.5 Å². The zero-order valence-corrected chi connectivity index (χ0v) is 9.40. The highest BCUT2D eigenvalue weighted by Crippen LogP contribution is 2.28. The van der Waals surface area contributed by atoms with Crippen LogP contribution in [0.15, 0.2) is 30.3 Å². The van der Waals surface area contributed by atoms with Gasteiger partial charge in [-0.3, -0.25) is 0 Å². The molecule has 0 nitrogen and oxygen atoms in total. The molecule has 0 spiro atoms. The number of benzene rings is 1. The van der Waals surface area contributed by atoms with Gasteiger partial charge in [-0.2, -0.15) is 13.2 Å². The number of halogens is 4. The summed E-state index contributed by atoms with van der Waals surface area (Å²) in [6, 6.07) is 6.36. The third-order valence-electron chi connectivity index (χ3n) is 1.29. The molecule has 14 heavy (non-hydrogen) atoms. The van der Waals surface area contributed by atoms with E-state index in [2.05, 4.69) is 22.9 Å². The fourth-order valence-corrected chi connectivity index (χ4v) is 0.627. The summed E-state index contributed by atoms with van der Waals surface area (Å²) in [5.74, 6) is 0. The van der Waals surface area contributed by atoms with Crippen molar-refractivity contribution in [1.29, 1.82) is 0 Å². The normalized spacial score (nSPS) is 10.4. The topological polar surface area (TPSA) is 0 Å². The molecule has 4 heteroatoms. The molecule has 0 amide bonds. The monoisotopic (exact) mass is 268 g/mol. The van der Waals surface area contributed by atoms with E-state index in [9.17, 15) is 13.2 Å². The average molecular weight is 269 g/mol. The van der Waals surface area contributed by atoms with Crippen molar-refractivity contribution in [3.63, 3.8) is 0 Å². The van der Waals surface area contributed by atoms with Gasteiger partial charge in [0.2, 0.25) is 0 Å². The van der Waals surface area contributed by atoms with Gasteiger partial charge >= 0.3 is 6.18 Å². The van der Waals surface area contributed by atoms with E-state index in [1.54, 1.807) is 6.07 Å². The molecule has 0 unspecified atom stereocenters. The predicted octanol–water partition coefficient (Wildman–Crippen LogP) is 4.50. The van der Waals surface area contributed by atoms with Crippen LogP contribution in [-0.4, -0.2) is 5.33 Å². The van der Waals surface area contributed by atoms with Crippen LogP contribution in [-0.2, 0) is 6.18 Å². The largest absolute Gasteiger partial charge is 0.416 e. The SMILES string of the molecule is CCCBr.FC(F)(F)c1ccccc1. The molecule has 0 radical (unpaired) electrons. The van der Waals surface area contributed by atoms with Crippen LogP contribution < -0.4 is 0 Å². The second kappa shape index (κ2) is 6.87. The van der Waals surface area contributed by atoms with Gasteiger partial charge in [0.25, 0.3) is 0 Å². The van der Waals surface area contributed by atoms with Crippen molar-refractivity contribution in [3.8, 4) is 0 Å². The summed E-state index contributed by atoms with van der Waals surface area (Å²) in [4.78, 5) is 0. The lowest BCUT2D eigenvalue weighted by Gasteiger charge is -2.03. The standard InChI is InChI=1S/C7H5F3.C3H7Br/c8-7(9,10)6-4-2-1-3-5-6;1-2-3-4/h1-5H;2-3H2,1H3. The maximum absolute atomic E-state index is 11.8. The Morgan fingerprint density at radius 2 is 1.57 bits per heavy atom. The number of hydrogen-bond donors (Lipinski definition) is 0. The molecular weight excluding hydrogens is 257 g/mol. The minimum atomic E-state index is -4.21. The fourth-order valence-electron chi connectivity index (χ4n) is 0.627. The van der Waals surface area contributed by atoms with Gasteiger partial charge in [0.1, 0.15) is 0 Å². The first-order chi connectivity index (χ1) is 6.52. The Hall–Kier alpha value is -0.510. The van der Waals surface area contributed by atoms with Gasteiger partial charge in [-0.15, -0.1) is 0 Å². The van der Waals surface area contributed by atoms with Crippen molar-refractivity contribution in [2.75, 3.05) is 5.33 Å². The van der Waals surface area contributed by atoms with E-state index in [1.165, 1.54) is 18.6 Å². The Morgan fingerprint density at radius 3 is 1.79 bits per heavy atom. The maximum Gasteiger partial charge on any atom is 0.416 e. The first-order valence-electron chi connectivity index (χ1n) is 4.20. The van der Waals surface area contributed by atoms with Crippen molar-refractivity contribution in [1.82, 2.24) is 0 Å². The molecule has 0 saturated carbocycles. The summed E-state index contributed by atoms with van der Waals surface area (Å²) >= 11 is 3.25. The van der Waals surface area contributed by atoms with E-state index in [1.807, 2.05) is 0 Å². The van der Waals surface area contributed by atoms with Crippen LogP contribution in [0.5, 0.6) is 0 Å². The zero-order valence-electron chi connectivity index (χ0n) is 7.81. The van der Waals surface area contributed by atoms with Crippen molar-refractivity contribution >= 4 is 15.9 Å². The van der Waals surface area contributed by atoms with Crippen molar-refractivity contribution in [2.24, 2.45) is 0 Å². The van der Waals surface area contributed by atoms with Gasteiger partial charge in [-0.05, 0) is 6.42 Å². The Balaban J connectivity index is 0.000000364. The molecule has 0 aliphatic carbocycles. The van der Waals surface area contributed by atoms with Crippen LogP contribution in [0.2, 0.25) is 0 Å². The summed E-state index contributed by atoms with van der Waals surface area (Å²) < 4.78 is 35.4. The summed E-state index contributed by atoms with van der Waals surface area (Å²) in [6.07, 6.45) is -2.97. The molecule has 1 aromatic carbocycles. The quantitative estimate of drug-likeness (QED) is 0.658. The third kappa shape index (κ3) is 6.02. The van der Waals surface area contributed by atoms with Crippen LogP contribution in [0.3, 0.4) is 0 Å². The highest BCUT2D eigenvalue weighted by molar-refractivity contribution is 9.09. The summed E-state index contributed by atoms with van der Waals surface area (Å²) in [5, 5.41) is 1.13. The summed E-state index contributed by atoms with van der Waals surface area (Å²) in [6.45, 7) is 2.13. The minimum Gasteiger partial charge on any atom is -0.166 e. The van der Waals surface area contributed by atoms with Crippen LogP contribution in [0.4, 0.5) is 13.2 Å². The van der Waals surface area contributed by atoms with Gasteiger partial charge < -0.3 is 0 Å². The Morgan fingerprint density at radius 1 is 1.14 bits per heavy atom. The summed E-state index contributed by atoms with van der Waals surface area (Å²) in [5.41, 5.74) is -0.602. The first kappa shape index (κ1) is 13.5. The molecule has 0 fully saturated rings. The van der Waals surface area contributed by atoms with Crippen LogP contribution in [0.25, 0.3) is 0 Å². The fraction of sp³-hybridized carbons (Fsp3) is 0.400. The molecule has 1 rings (SSSR count). The highest BCUT2D eigenvalue weighted by atomic mass is 79.9. The number of alkyl halides is 4. The summed E-state index contributed by atoms with van der Waals surface area (Å²) in [7, 11) is 0. The van der Waals surface area contributed by atoms with Gasteiger partial charge in [0, 0.05) is 5.33 Å². The second-order valence-corrected chi connectivity index (χ2v) is 3.35. The Bertz CT molecular complexity index is 229. The van der Waals surface area contributed by atoms with Gasteiger partial charge in [-0.25, -0.2) is 0 Å². The molecule has 1 aromatic rings. The first-order valence-corrected chi connectivity index (χ1v) is 5.32. The van der Waals surface area contributed by atoms with E-state index < -0.39 is 11.7 Å². The minimum absolute atomic E-state index is 0.602. The third-order valence-corrected chi connectivity index (χ3v) is 2.08. The molecule has 0 bridgehead atoms. The molecule has 0 saturated heterocycles. The number of hydrogen-bond acceptors (Lipinski definition) is 0. The van der Waals surface area contributed by atoms with E-state index in [0.717, 1.165) is 17.5 Å². The second-order valence-electron chi connectivity index (χ2n) is 2.55. The van der Waals surface area contributed by atoms with Crippen LogP contribution in [0.1, 0.15) is 18.9 Å². The molecule has 0 heterocycles. The molecule has 0 aliphatic rings. The molecule has 80 valence electrons. The maximum atomic E-state index is 11.8. The van der Waals surface area contributed by atoms with Gasteiger partial charge in [-0.1, -0.05) is 53.2 Å². The van der Waals surface area contributed by atoms with Gasteiger partial charge in [0.05, 0.1) is 5.56 Å². The van der Waals surface area contributed by atoms with Crippen molar-refractivity contribution in [3.05, 3.63) is 35.9 Å². The molecular formula is C10H12BrF3. The molecule has 0 N–H and O–H groups in total. The zero-order chi connectivity index (χ0) is 11.0. The average Bonchev–Trinajstić information content (AvgIpc) is 2.18. The Kier molecular flexibility index (Phi) is 6.62. The van der Waals surface area contributed by atoms with Gasteiger partial charge in [0.15, 0.2) is 0 Å². The molecule has 0 aromatic heterocycles. The lowest BCUT2D eigenvalue weighted by molar-refractivity contribution is -0.137. The molecule has 0 aliphatic heterocycles.